The van der Waals surface area contributed by atoms with Gasteiger partial charge in [0.25, 0.3) is 5.91 Å². The number of thioether (sulfide) groups is 1. The van der Waals surface area contributed by atoms with Crippen LogP contribution < -0.4 is 5.32 Å². The highest BCUT2D eigenvalue weighted by atomic mass is 32.2. The third-order valence-electron chi connectivity index (χ3n) is 6.92. The molecule has 0 spiro atoms. The number of aliphatic hydroxyl groups is 1. The lowest BCUT2D eigenvalue weighted by Crippen LogP contribution is -2.38. The van der Waals surface area contributed by atoms with Crippen LogP contribution in [-0.2, 0) is 13.1 Å². The fourth-order valence-electron chi connectivity index (χ4n) is 4.93. The minimum Gasteiger partial charge on any atom is -0.394 e. The Morgan fingerprint density at radius 2 is 1.95 bits per heavy atom. The number of carbonyl (C=O) groups excluding carboxylic acids is 1. The molecule has 0 aliphatic carbocycles. The maximum absolute atomic E-state index is 13.0. The van der Waals surface area contributed by atoms with E-state index in [0.29, 0.717) is 37.4 Å². The van der Waals surface area contributed by atoms with E-state index in [2.05, 4.69) is 26.7 Å². The number of alkyl halides is 3. The monoisotopic (exact) mass is 534 g/mol. The summed E-state index contributed by atoms with van der Waals surface area (Å²) in [4.78, 5) is 20.5. The number of likely N-dealkylation sites (tertiary alicyclic amines) is 1. The molecule has 0 bridgehead atoms. The first-order valence-corrected chi connectivity index (χ1v) is 13.6. The maximum atomic E-state index is 13.0. The topological polar surface area (TPSA) is 70.4 Å². The number of aryl methyl sites for hydroxylation is 1. The standard InChI is InChI=1S/C27H33F3N4O2S/c1-3-34-21(16-33-11-9-20(10-12-33)27(28,29)30)14-19-13-18(5-8-25(19)34)26(36)32-24(17-35)23-7-6-22(15-31-23)37-4-2/h5-8,13-15,20,24,35H,3-4,9-12,16-17H2,1-2H3,(H,32,36). The number of amides is 1. The number of piperidine rings is 1. The molecule has 0 saturated carbocycles. The Morgan fingerprint density at radius 1 is 1.19 bits per heavy atom. The van der Waals surface area contributed by atoms with E-state index >= 15 is 0 Å². The Kier molecular flexibility index (Phi) is 8.82. The average molecular weight is 535 g/mol. The van der Waals surface area contributed by atoms with Gasteiger partial charge in [0.05, 0.1) is 24.3 Å². The molecule has 1 amide bonds. The second-order valence-electron chi connectivity index (χ2n) is 9.31. The molecule has 1 fully saturated rings. The van der Waals surface area contributed by atoms with Crippen molar-refractivity contribution in [2.45, 2.75) is 56.9 Å². The van der Waals surface area contributed by atoms with Crippen molar-refractivity contribution >= 4 is 28.6 Å². The zero-order chi connectivity index (χ0) is 26.6. The molecular weight excluding hydrogens is 501 g/mol. The summed E-state index contributed by atoms with van der Waals surface area (Å²) in [6, 6.07) is 10.6. The van der Waals surface area contributed by atoms with Crippen molar-refractivity contribution in [3.8, 4) is 0 Å². The fourth-order valence-corrected chi connectivity index (χ4v) is 5.55. The minimum atomic E-state index is -4.12. The van der Waals surface area contributed by atoms with Gasteiger partial charge in [0.2, 0.25) is 0 Å². The number of nitrogens with zero attached hydrogens (tertiary/aromatic N) is 3. The average Bonchev–Trinajstić information content (AvgIpc) is 3.23. The summed E-state index contributed by atoms with van der Waals surface area (Å²) < 4.78 is 41.2. The molecule has 4 rings (SSSR count). The highest BCUT2D eigenvalue weighted by Gasteiger charge is 2.41. The molecule has 3 aromatic rings. The summed E-state index contributed by atoms with van der Waals surface area (Å²) in [5, 5.41) is 13.6. The highest BCUT2D eigenvalue weighted by molar-refractivity contribution is 7.99. The molecule has 2 N–H and O–H groups in total. The number of rotatable bonds is 9. The summed E-state index contributed by atoms with van der Waals surface area (Å²) in [6.07, 6.45) is -2.13. The molecule has 0 radical (unpaired) electrons. The molecule has 10 heteroatoms. The van der Waals surface area contributed by atoms with E-state index in [1.54, 1.807) is 24.0 Å². The predicted molar refractivity (Wildman–Crippen MR) is 140 cm³/mol. The number of hydrogen-bond acceptors (Lipinski definition) is 5. The second-order valence-corrected chi connectivity index (χ2v) is 10.6. The van der Waals surface area contributed by atoms with Crippen LogP contribution in [0, 0.1) is 5.92 Å². The number of aliphatic hydroxyl groups excluding tert-OH is 1. The molecule has 1 aliphatic heterocycles. The van der Waals surface area contributed by atoms with Gasteiger partial charge in [-0.2, -0.15) is 13.2 Å². The lowest BCUT2D eigenvalue weighted by atomic mass is 9.96. The molecule has 37 heavy (non-hydrogen) atoms. The van der Waals surface area contributed by atoms with E-state index in [1.807, 2.05) is 37.3 Å². The summed E-state index contributed by atoms with van der Waals surface area (Å²) in [6.45, 7) is 5.93. The zero-order valence-corrected chi connectivity index (χ0v) is 21.9. The number of halogens is 3. The van der Waals surface area contributed by atoms with Crippen LogP contribution >= 0.6 is 11.8 Å². The van der Waals surface area contributed by atoms with Crippen LogP contribution in [0.2, 0.25) is 0 Å². The molecule has 200 valence electrons. The van der Waals surface area contributed by atoms with Gasteiger partial charge in [-0.1, -0.05) is 6.92 Å². The van der Waals surface area contributed by atoms with Gasteiger partial charge in [0.15, 0.2) is 0 Å². The van der Waals surface area contributed by atoms with E-state index in [-0.39, 0.29) is 25.4 Å². The first kappa shape index (κ1) is 27.5. The first-order valence-electron chi connectivity index (χ1n) is 12.6. The molecule has 1 aromatic carbocycles. The lowest BCUT2D eigenvalue weighted by Gasteiger charge is -2.33. The van der Waals surface area contributed by atoms with Crippen LogP contribution in [0.15, 0.2) is 47.5 Å². The molecule has 1 aliphatic rings. The lowest BCUT2D eigenvalue weighted by molar-refractivity contribution is -0.185. The molecule has 1 atom stereocenters. The normalized spacial score (nSPS) is 16.3. The smallest absolute Gasteiger partial charge is 0.391 e. The Morgan fingerprint density at radius 3 is 2.54 bits per heavy atom. The van der Waals surface area contributed by atoms with Gasteiger partial charge in [-0.15, -0.1) is 11.8 Å². The van der Waals surface area contributed by atoms with E-state index < -0.39 is 18.1 Å². The van der Waals surface area contributed by atoms with E-state index in [9.17, 15) is 23.1 Å². The van der Waals surface area contributed by atoms with Crippen molar-refractivity contribution in [1.82, 2.24) is 19.8 Å². The Balaban J connectivity index is 1.47. The van der Waals surface area contributed by atoms with Crippen molar-refractivity contribution in [2.24, 2.45) is 5.92 Å². The number of fused-ring (bicyclic) bond motifs is 1. The van der Waals surface area contributed by atoms with Gasteiger partial charge < -0.3 is 15.0 Å². The van der Waals surface area contributed by atoms with Crippen LogP contribution in [0.1, 0.15) is 54.5 Å². The van der Waals surface area contributed by atoms with Gasteiger partial charge in [0.1, 0.15) is 0 Å². The van der Waals surface area contributed by atoms with Crippen molar-refractivity contribution in [3.63, 3.8) is 0 Å². The zero-order valence-electron chi connectivity index (χ0n) is 21.1. The quantitative estimate of drug-likeness (QED) is 0.360. The van der Waals surface area contributed by atoms with Gasteiger partial charge >= 0.3 is 6.18 Å². The highest BCUT2D eigenvalue weighted by Crippen LogP contribution is 2.34. The van der Waals surface area contributed by atoms with Crippen LogP contribution in [-0.4, -0.2) is 57.1 Å². The van der Waals surface area contributed by atoms with Crippen LogP contribution in [0.5, 0.6) is 0 Å². The molecule has 1 unspecified atom stereocenters. The Bertz CT molecular complexity index is 1200. The van der Waals surface area contributed by atoms with E-state index in [4.69, 9.17) is 0 Å². The summed E-state index contributed by atoms with van der Waals surface area (Å²) in [5.74, 6) is -0.593. The van der Waals surface area contributed by atoms with Crippen LogP contribution in [0.25, 0.3) is 10.9 Å². The van der Waals surface area contributed by atoms with Crippen molar-refractivity contribution in [3.05, 3.63) is 59.5 Å². The summed E-state index contributed by atoms with van der Waals surface area (Å²) >= 11 is 1.67. The van der Waals surface area contributed by atoms with Crippen molar-refractivity contribution in [1.29, 1.82) is 0 Å². The SMILES string of the molecule is CCSc1ccc(C(CO)NC(=O)c2ccc3c(c2)cc(CN2CCC(C(F)(F)F)CC2)n3CC)nc1. The predicted octanol–water partition coefficient (Wildman–Crippen LogP) is 5.41. The minimum absolute atomic E-state index is 0.126. The van der Waals surface area contributed by atoms with Crippen molar-refractivity contribution in [2.75, 3.05) is 25.4 Å². The molecule has 2 aromatic heterocycles. The molecule has 6 nitrogen and oxygen atoms in total. The second kappa shape index (κ2) is 11.9. The number of hydrogen-bond donors (Lipinski definition) is 2. The number of pyridine rings is 1. The number of aromatic nitrogens is 2. The molecular formula is C27H33F3N4O2S. The van der Waals surface area contributed by atoms with Gasteiger partial charge in [-0.25, -0.2) is 0 Å². The third kappa shape index (κ3) is 6.48. The van der Waals surface area contributed by atoms with Crippen LogP contribution in [0.4, 0.5) is 13.2 Å². The molecule has 1 saturated heterocycles. The largest absolute Gasteiger partial charge is 0.394 e. The van der Waals surface area contributed by atoms with Gasteiger partial charge in [-0.3, -0.25) is 14.7 Å². The molecule has 3 heterocycles. The first-order chi connectivity index (χ1) is 17.7. The third-order valence-corrected chi connectivity index (χ3v) is 7.78. The number of carbonyl (C=O) groups is 1. The van der Waals surface area contributed by atoms with Gasteiger partial charge in [0, 0.05) is 46.3 Å². The van der Waals surface area contributed by atoms with Crippen molar-refractivity contribution < 1.29 is 23.1 Å². The van der Waals surface area contributed by atoms with Gasteiger partial charge in [-0.05, 0) is 75.0 Å². The van der Waals surface area contributed by atoms with Crippen LogP contribution in [0.3, 0.4) is 0 Å². The summed E-state index contributed by atoms with van der Waals surface area (Å²) in [7, 11) is 0. The maximum Gasteiger partial charge on any atom is 0.391 e. The fraction of sp³-hybridized carbons (Fsp3) is 0.481. The Labute approximate surface area is 219 Å². The number of nitrogens with one attached hydrogen (secondary N) is 1. The van der Waals surface area contributed by atoms with E-state index in [0.717, 1.165) is 27.2 Å². The Hall–Kier alpha value is -2.56. The van der Waals surface area contributed by atoms with E-state index in [1.165, 1.54) is 0 Å². The summed E-state index contributed by atoms with van der Waals surface area (Å²) in [5.41, 5.74) is 3.05. The number of benzene rings is 1.